The van der Waals surface area contributed by atoms with Gasteiger partial charge in [0.1, 0.15) is 18.2 Å². The van der Waals surface area contributed by atoms with Crippen molar-refractivity contribution < 1.29 is 23.8 Å². The van der Waals surface area contributed by atoms with Crippen molar-refractivity contribution in [3.8, 4) is 0 Å². The molecule has 0 aliphatic carbocycles. The molecule has 0 fully saturated rings. The molecule has 0 aliphatic rings. The normalized spacial score (nSPS) is 13.6. The highest BCUT2D eigenvalue weighted by atomic mass is 16.6. The summed E-state index contributed by atoms with van der Waals surface area (Å²) in [5.74, 6) is -0.531. The molecule has 0 saturated carbocycles. The number of carbonyl (C=O) groups is 2. The summed E-state index contributed by atoms with van der Waals surface area (Å²) >= 11 is 0. The molecule has 19 heavy (non-hydrogen) atoms. The Bertz CT molecular complexity index is 319. The molecule has 0 rings (SSSR count). The lowest BCUT2D eigenvalue weighted by molar-refractivity contribution is -0.153. The molecule has 0 heterocycles. The molecule has 112 valence electrons. The smallest absolute Gasteiger partial charge is 0.408 e. The highest BCUT2D eigenvalue weighted by Crippen LogP contribution is 2.09. The van der Waals surface area contributed by atoms with Gasteiger partial charge in [-0.05, 0) is 41.5 Å². The summed E-state index contributed by atoms with van der Waals surface area (Å²) in [6.45, 7) is 10.5. The van der Waals surface area contributed by atoms with E-state index in [1.54, 1.807) is 34.6 Å². The van der Waals surface area contributed by atoms with Crippen LogP contribution in [0.3, 0.4) is 0 Å². The summed E-state index contributed by atoms with van der Waals surface area (Å²) in [5, 5.41) is 2.41. The van der Waals surface area contributed by atoms with E-state index in [0.717, 1.165) is 0 Å². The molecule has 0 aromatic carbocycles. The van der Waals surface area contributed by atoms with Crippen LogP contribution in [0.5, 0.6) is 0 Å². The van der Waals surface area contributed by atoms with Gasteiger partial charge >= 0.3 is 12.1 Å². The quantitative estimate of drug-likeness (QED) is 0.775. The van der Waals surface area contributed by atoms with E-state index in [0.29, 0.717) is 0 Å². The fourth-order valence-corrected chi connectivity index (χ4v) is 0.972. The first kappa shape index (κ1) is 17.7. The van der Waals surface area contributed by atoms with Crippen LogP contribution in [0.1, 0.15) is 41.5 Å². The van der Waals surface area contributed by atoms with Gasteiger partial charge in [-0.15, -0.1) is 0 Å². The van der Waals surface area contributed by atoms with Gasteiger partial charge in [-0.25, -0.2) is 9.59 Å². The van der Waals surface area contributed by atoms with Crippen molar-refractivity contribution in [1.29, 1.82) is 0 Å². The zero-order chi connectivity index (χ0) is 15.3. The lowest BCUT2D eigenvalue weighted by Crippen LogP contribution is -2.43. The molecule has 0 saturated heterocycles. The number of amides is 1. The molecule has 0 unspecified atom stereocenters. The number of ether oxygens (including phenoxy) is 3. The van der Waals surface area contributed by atoms with Crippen molar-refractivity contribution in [2.24, 2.45) is 0 Å². The molecule has 6 heteroatoms. The minimum absolute atomic E-state index is 0.114. The van der Waals surface area contributed by atoms with Crippen LogP contribution >= 0.6 is 0 Å². The summed E-state index contributed by atoms with van der Waals surface area (Å²) in [6.07, 6.45) is -0.650. The van der Waals surface area contributed by atoms with E-state index in [-0.39, 0.29) is 6.61 Å². The Balaban J connectivity index is 4.18. The molecule has 0 aromatic heterocycles. The lowest BCUT2D eigenvalue weighted by atomic mass is 10.1. The number of hydrogen-bond acceptors (Lipinski definition) is 5. The van der Waals surface area contributed by atoms with Gasteiger partial charge in [0.15, 0.2) is 0 Å². The van der Waals surface area contributed by atoms with Gasteiger partial charge in [0.25, 0.3) is 0 Å². The number of nitrogens with one attached hydrogen (secondary N) is 1. The van der Waals surface area contributed by atoms with Crippen LogP contribution < -0.4 is 5.32 Å². The second kappa shape index (κ2) is 6.75. The summed E-state index contributed by atoms with van der Waals surface area (Å²) in [4.78, 5) is 23.1. The van der Waals surface area contributed by atoms with Crippen LogP contribution in [0, 0.1) is 0 Å². The third kappa shape index (κ3) is 8.42. The first-order valence-electron chi connectivity index (χ1n) is 6.18. The maximum Gasteiger partial charge on any atom is 0.408 e. The van der Waals surface area contributed by atoms with Crippen LogP contribution in [0.2, 0.25) is 0 Å². The van der Waals surface area contributed by atoms with E-state index in [1.165, 1.54) is 14.0 Å². The number of alkyl carbamates (subject to hydrolysis) is 1. The Morgan fingerprint density at radius 3 is 2.11 bits per heavy atom. The maximum absolute atomic E-state index is 11.7. The maximum atomic E-state index is 11.7. The molecule has 0 radical (unpaired) electrons. The van der Waals surface area contributed by atoms with E-state index in [4.69, 9.17) is 14.2 Å². The predicted molar refractivity (Wildman–Crippen MR) is 70.9 cm³/mol. The molecule has 0 bridgehead atoms. The van der Waals surface area contributed by atoms with Crippen LogP contribution in [-0.4, -0.2) is 43.0 Å². The summed E-state index contributed by atoms with van der Waals surface area (Å²) in [6, 6.07) is -0.775. The molecule has 0 spiro atoms. The van der Waals surface area contributed by atoms with Crippen molar-refractivity contribution >= 4 is 12.1 Å². The highest BCUT2D eigenvalue weighted by molar-refractivity contribution is 5.81. The topological polar surface area (TPSA) is 73.9 Å². The lowest BCUT2D eigenvalue weighted by Gasteiger charge is -2.24. The fraction of sp³-hybridized carbons (Fsp3) is 0.846. The van der Waals surface area contributed by atoms with Crippen LogP contribution in [0.25, 0.3) is 0 Å². The largest absolute Gasteiger partial charge is 0.461 e. The summed E-state index contributed by atoms with van der Waals surface area (Å²) in [7, 11) is 1.54. The van der Waals surface area contributed by atoms with Gasteiger partial charge in [-0.3, -0.25) is 0 Å². The van der Waals surface area contributed by atoms with Gasteiger partial charge in [-0.2, -0.15) is 0 Å². The zero-order valence-corrected chi connectivity index (χ0v) is 12.8. The average molecular weight is 275 g/mol. The molecular weight excluding hydrogens is 250 g/mol. The third-order valence-corrected chi connectivity index (χ3v) is 2.20. The minimum atomic E-state index is -0.775. The summed E-state index contributed by atoms with van der Waals surface area (Å²) in [5.41, 5.74) is -1.16. The monoisotopic (exact) mass is 275 g/mol. The third-order valence-electron chi connectivity index (χ3n) is 2.20. The van der Waals surface area contributed by atoms with Crippen LogP contribution in [0.4, 0.5) is 4.79 Å². The van der Waals surface area contributed by atoms with E-state index in [2.05, 4.69) is 5.32 Å². The average Bonchev–Trinajstić information content (AvgIpc) is 2.23. The van der Waals surface area contributed by atoms with Gasteiger partial charge < -0.3 is 19.5 Å². The Hall–Kier alpha value is -1.30. The SMILES string of the molecule is COC(C)(C)COC(=O)[C@H](C)NC(=O)OC(C)(C)C. The van der Waals surface area contributed by atoms with E-state index in [1.807, 2.05) is 0 Å². The highest BCUT2D eigenvalue weighted by Gasteiger charge is 2.24. The van der Waals surface area contributed by atoms with Gasteiger partial charge in [0.05, 0.1) is 5.60 Å². The van der Waals surface area contributed by atoms with Gasteiger partial charge in [0.2, 0.25) is 0 Å². The Kier molecular flexibility index (Phi) is 6.29. The van der Waals surface area contributed by atoms with E-state index in [9.17, 15) is 9.59 Å². The van der Waals surface area contributed by atoms with Crippen molar-refractivity contribution in [1.82, 2.24) is 5.32 Å². The number of esters is 1. The number of hydrogen-bond donors (Lipinski definition) is 1. The molecule has 1 atom stereocenters. The standard InChI is InChI=1S/C13H25NO5/c1-9(14-11(16)19-12(2,3)4)10(15)18-8-13(5,6)17-7/h9H,8H2,1-7H3,(H,14,16)/t9-/m0/s1. The van der Waals surface area contributed by atoms with Gasteiger partial charge in [0, 0.05) is 7.11 Å². The Morgan fingerprint density at radius 1 is 1.16 bits per heavy atom. The Labute approximate surface area is 114 Å². The molecule has 1 amide bonds. The molecular formula is C13H25NO5. The predicted octanol–water partition coefficient (Wildman–Crippen LogP) is 1.87. The Morgan fingerprint density at radius 2 is 1.68 bits per heavy atom. The van der Waals surface area contributed by atoms with E-state index >= 15 is 0 Å². The molecule has 0 aliphatic heterocycles. The second-order valence-electron chi connectivity index (χ2n) is 5.94. The first-order valence-corrected chi connectivity index (χ1v) is 6.18. The van der Waals surface area contributed by atoms with Crippen LogP contribution in [-0.2, 0) is 19.0 Å². The summed E-state index contributed by atoms with van der Waals surface area (Å²) < 4.78 is 15.2. The molecule has 0 aromatic rings. The van der Waals surface area contributed by atoms with Crippen molar-refractivity contribution in [3.05, 3.63) is 0 Å². The zero-order valence-electron chi connectivity index (χ0n) is 12.8. The fourth-order valence-electron chi connectivity index (χ4n) is 0.972. The number of methoxy groups -OCH3 is 1. The van der Waals surface area contributed by atoms with Crippen LogP contribution in [0.15, 0.2) is 0 Å². The molecule has 1 N–H and O–H groups in total. The second-order valence-corrected chi connectivity index (χ2v) is 5.94. The van der Waals surface area contributed by atoms with Crippen molar-refractivity contribution in [3.63, 3.8) is 0 Å². The van der Waals surface area contributed by atoms with E-state index < -0.39 is 29.3 Å². The van der Waals surface area contributed by atoms with Crippen molar-refractivity contribution in [2.75, 3.05) is 13.7 Å². The number of rotatable bonds is 5. The number of carbonyl (C=O) groups excluding carboxylic acids is 2. The first-order chi connectivity index (χ1) is 8.47. The van der Waals surface area contributed by atoms with Crippen molar-refractivity contribution in [2.45, 2.75) is 58.8 Å². The van der Waals surface area contributed by atoms with Gasteiger partial charge in [-0.1, -0.05) is 0 Å². The molecule has 6 nitrogen and oxygen atoms in total. The minimum Gasteiger partial charge on any atom is -0.461 e.